The number of aliphatic hydroxyl groups is 2. The molecule has 173 valence electrons. The summed E-state index contributed by atoms with van der Waals surface area (Å²) in [6.07, 6.45) is 7.86. The number of nitrogens with two attached hydrogens (primary N) is 1. The number of aromatic nitrogens is 1. The molecule has 5 nitrogen and oxygen atoms in total. The second-order valence-corrected chi connectivity index (χ2v) is 8.63. The maximum Gasteiger partial charge on any atom is 0.213 e. The lowest BCUT2D eigenvalue weighted by Gasteiger charge is -2.31. The molecular formula is C26H38BN2O3. The summed E-state index contributed by atoms with van der Waals surface area (Å²) < 4.78 is 5.81. The predicted molar refractivity (Wildman–Crippen MR) is 135 cm³/mol. The number of hydrogen-bond donors (Lipinski definition) is 3. The fourth-order valence-corrected chi connectivity index (χ4v) is 2.21. The van der Waals surface area contributed by atoms with Gasteiger partial charge in [0.05, 0.1) is 11.2 Å². The Balaban J connectivity index is 0.000000547. The largest absolute Gasteiger partial charge is 0.473 e. The first kappa shape index (κ1) is 27.5. The van der Waals surface area contributed by atoms with Crippen LogP contribution in [0.4, 0.5) is 5.69 Å². The molecule has 0 aliphatic heterocycles. The van der Waals surface area contributed by atoms with Crippen LogP contribution in [-0.4, -0.2) is 40.3 Å². The Labute approximate surface area is 194 Å². The summed E-state index contributed by atoms with van der Waals surface area (Å²) >= 11 is 0. The third kappa shape index (κ3) is 10.2. The maximum absolute atomic E-state index is 9.10. The number of nitrogens with zero attached hydrogens (tertiary/aromatic N) is 1. The van der Waals surface area contributed by atoms with E-state index in [1.807, 2.05) is 56.7 Å². The first-order chi connectivity index (χ1) is 15.0. The van der Waals surface area contributed by atoms with Crippen molar-refractivity contribution in [2.75, 3.05) is 12.3 Å². The first-order valence-corrected chi connectivity index (χ1v) is 11.0. The van der Waals surface area contributed by atoms with E-state index in [0.717, 1.165) is 18.3 Å². The Kier molecular flexibility index (Phi) is 11.2. The fraction of sp³-hybridized carbons (Fsp3) is 0.423. The van der Waals surface area contributed by atoms with Gasteiger partial charge in [-0.15, -0.1) is 0 Å². The molecule has 0 saturated heterocycles. The van der Waals surface area contributed by atoms with Gasteiger partial charge in [0, 0.05) is 17.3 Å². The second kappa shape index (κ2) is 13.1. The van der Waals surface area contributed by atoms with Crippen LogP contribution in [0.25, 0.3) is 0 Å². The van der Waals surface area contributed by atoms with Gasteiger partial charge < -0.3 is 20.7 Å². The van der Waals surface area contributed by atoms with E-state index in [1.54, 1.807) is 27.7 Å². The van der Waals surface area contributed by atoms with Gasteiger partial charge in [-0.3, -0.25) is 0 Å². The van der Waals surface area contributed by atoms with Gasteiger partial charge in [-0.2, -0.15) is 0 Å². The highest BCUT2D eigenvalue weighted by Gasteiger charge is 2.31. The average molecular weight is 437 g/mol. The molecule has 0 unspecified atom stereocenters. The van der Waals surface area contributed by atoms with Crippen molar-refractivity contribution in [3.05, 3.63) is 71.8 Å². The van der Waals surface area contributed by atoms with Crippen LogP contribution in [0.2, 0.25) is 0 Å². The van der Waals surface area contributed by atoms with Crippen LogP contribution in [0.15, 0.2) is 66.3 Å². The molecular weight excluding hydrogens is 399 g/mol. The van der Waals surface area contributed by atoms with Crippen molar-refractivity contribution in [1.82, 2.24) is 4.98 Å². The summed E-state index contributed by atoms with van der Waals surface area (Å²) in [5, 5.41) is 18.2. The van der Waals surface area contributed by atoms with E-state index in [4.69, 9.17) is 20.7 Å². The summed E-state index contributed by atoms with van der Waals surface area (Å²) in [5.74, 6) is 0.600. The number of pyridine rings is 1. The molecule has 0 aliphatic carbocycles. The van der Waals surface area contributed by atoms with Gasteiger partial charge in [0.1, 0.15) is 6.61 Å². The zero-order valence-corrected chi connectivity index (χ0v) is 20.3. The van der Waals surface area contributed by atoms with Crippen LogP contribution in [0.5, 0.6) is 5.88 Å². The fourth-order valence-electron chi connectivity index (χ4n) is 2.21. The van der Waals surface area contributed by atoms with E-state index in [0.29, 0.717) is 18.2 Å². The van der Waals surface area contributed by atoms with Gasteiger partial charge in [0.2, 0.25) is 5.88 Å². The van der Waals surface area contributed by atoms with Gasteiger partial charge in [-0.25, -0.2) is 4.98 Å². The lowest BCUT2D eigenvalue weighted by atomic mass is 9.68. The minimum Gasteiger partial charge on any atom is -0.473 e. The van der Waals surface area contributed by atoms with Gasteiger partial charge >= 0.3 is 0 Å². The molecule has 0 amide bonds. The van der Waals surface area contributed by atoms with Gasteiger partial charge in [-0.05, 0) is 59.0 Å². The SMILES string of the molecule is C/C=C\C=C(/CC)COc1ccc(N)c([B]Cc2ccccc2)n1.CC(C)(O)C(C)(C)O. The van der Waals surface area contributed by atoms with E-state index >= 15 is 0 Å². The number of benzene rings is 1. The van der Waals surface area contributed by atoms with Crippen molar-refractivity contribution in [2.45, 2.75) is 65.5 Å². The third-order valence-electron chi connectivity index (χ3n) is 5.19. The van der Waals surface area contributed by atoms with Crippen LogP contribution >= 0.6 is 0 Å². The van der Waals surface area contributed by atoms with Crippen LogP contribution in [0.1, 0.15) is 53.5 Å². The number of rotatable bonds is 9. The minimum absolute atomic E-state index is 0.538. The number of ether oxygens (including phenoxy) is 1. The van der Waals surface area contributed by atoms with E-state index < -0.39 is 11.2 Å². The molecule has 0 saturated carbocycles. The highest BCUT2D eigenvalue weighted by molar-refractivity contribution is 6.53. The molecule has 1 radical (unpaired) electrons. The zero-order chi connectivity index (χ0) is 24.2. The van der Waals surface area contributed by atoms with Gasteiger partial charge in [0.15, 0.2) is 7.28 Å². The molecule has 0 aliphatic rings. The van der Waals surface area contributed by atoms with E-state index in [2.05, 4.69) is 30.1 Å². The second-order valence-electron chi connectivity index (χ2n) is 8.63. The molecule has 0 bridgehead atoms. The molecule has 2 rings (SSSR count). The molecule has 0 fully saturated rings. The normalized spacial score (nSPS) is 12.3. The lowest BCUT2D eigenvalue weighted by molar-refractivity contribution is -0.107. The van der Waals surface area contributed by atoms with Crippen molar-refractivity contribution in [3.63, 3.8) is 0 Å². The van der Waals surface area contributed by atoms with E-state index in [1.165, 1.54) is 11.1 Å². The van der Waals surface area contributed by atoms with Crippen molar-refractivity contribution in [1.29, 1.82) is 0 Å². The van der Waals surface area contributed by atoms with Gasteiger partial charge in [-0.1, -0.05) is 61.0 Å². The summed E-state index contributed by atoms with van der Waals surface area (Å²) in [6.45, 7) is 11.0. The smallest absolute Gasteiger partial charge is 0.213 e. The van der Waals surface area contributed by atoms with Crippen LogP contribution < -0.4 is 16.1 Å². The Morgan fingerprint density at radius 2 is 1.69 bits per heavy atom. The quantitative estimate of drug-likeness (QED) is 0.408. The molecule has 4 N–H and O–H groups in total. The highest BCUT2D eigenvalue weighted by Crippen LogP contribution is 2.19. The summed E-state index contributed by atoms with van der Waals surface area (Å²) in [5.41, 5.74) is 7.91. The maximum atomic E-state index is 9.10. The molecule has 1 aromatic carbocycles. The van der Waals surface area contributed by atoms with Crippen molar-refractivity contribution in [2.24, 2.45) is 0 Å². The molecule has 32 heavy (non-hydrogen) atoms. The number of anilines is 1. The molecule has 2 aromatic rings. The Morgan fingerprint density at radius 3 is 2.22 bits per heavy atom. The minimum atomic E-state index is -1.01. The van der Waals surface area contributed by atoms with E-state index in [9.17, 15) is 0 Å². The van der Waals surface area contributed by atoms with Gasteiger partial charge in [0.25, 0.3) is 0 Å². The third-order valence-corrected chi connectivity index (χ3v) is 5.19. The van der Waals surface area contributed by atoms with E-state index in [-0.39, 0.29) is 0 Å². The summed E-state index contributed by atoms with van der Waals surface area (Å²) in [6, 6.07) is 13.9. The zero-order valence-electron chi connectivity index (χ0n) is 20.3. The number of nitrogen functional groups attached to an aromatic ring is 1. The first-order valence-electron chi connectivity index (χ1n) is 11.0. The number of allylic oxidation sites excluding steroid dienone is 3. The summed E-state index contributed by atoms with van der Waals surface area (Å²) in [4.78, 5) is 4.53. The Hall–Kier alpha value is -2.57. The molecule has 6 heteroatoms. The monoisotopic (exact) mass is 437 g/mol. The lowest BCUT2D eigenvalue weighted by Crippen LogP contribution is -2.44. The topological polar surface area (TPSA) is 88.6 Å². The number of hydrogen-bond acceptors (Lipinski definition) is 5. The van der Waals surface area contributed by atoms with Crippen molar-refractivity contribution in [3.8, 4) is 5.88 Å². The summed E-state index contributed by atoms with van der Waals surface area (Å²) in [7, 11) is 2.04. The molecule has 0 atom stereocenters. The van der Waals surface area contributed by atoms with Crippen molar-refractivity contribution >= 4 is 18.6 Å². The van der Waals surface area contributed by atoms with Crippen LogP contribution in [0.3, 0.4) is 0 Å². The van der Waals surface area contributed by atoms with Crippen molar-refractivity contribution < 1.29 is 14.9 Å². The molecule has 1 heterocycles. The Morgan fingerprint density at radius 1 is 1.06 bits per heavy atom. The predicted octanol–water partition coefficient (Wildman–Crippen LogP) is 4.01. The molecule has 1 aromatic heterocycles. The standard InChI is InChI=1S/C20H24BN2O.C6H14O2/c1-3-5-9-16(4-2)15-24-19-13-12-18(22)20(23-19)21-14-17-10-7-6-8-11-17;1-5(2,7)6(3,4)8/h3,5-13H,4,14-15,22H2,1-2H3;7-8H,1-4H3/b5-3-,16-9+;. The Bertz CT molecular complexity index is 855. The average Bonchev–Trinajstić information content (AvgIpc) is 2.73. The van der Waals surface area contributed by atoms with Crippen LogP contribution in [-0.2, 0) is 6.32 Å². The van der Waals surface area contributed by atoms with Crippen LogP contribution in [0, 0.1) is 0 Å². The molecule has 0 spiro atoms. The highest BCUT2D eigenvalue weighted by atomic mass is 16.5.